The highest BCUT2D eigenvalue weighted by atomic mass is 35.5. The number of aromatic amines is 1. The quantitative estimate of drug-likeness (QED) is 0.915. The van der Waals surface area contributed by atoms with Crippen molar-refractivity contribution >= 4 is 29.1 Å². The van der Waals surface area contributed by atoms with Crippen molar-refractivity contribution in [3.05, 3.63) is 40.1 Å². The Hall–Kier alpha value is -1.79. The number of aromatic nitrogens is 3. The van der Waals surface area contributed by atoms with Gasteiger partial charge in [-0.3, -0.25) is 4.79 Å². The van der Waals surface area contributed by atoms with Gasteiger partial charge in [0.15, 0.2) is 5.69 Å². The van der Waals surface area contributed by atoms with Gasteiger partial charge in [-0.05, 0) is 37.0 Å². The second kappa shape index (κ2) is 7.19. The third kappa shape index (κ3) is 4.14. The summed E-state index contributed by atoms with van der Waals surface area (Å²) < 4.78 is 5.78. The van der Waals surface area contributed by atoms with Crippen LogP contribution in [0, 0.1) is 5.92 Å². The van der Waals surface area contributed by atoms with Crippen molar-refractivity contribution in [2.75, 3.05) is 19.7 Å². The predicted octanol–water partition coefficient (Wildman–Crippen LogP) is 3.04. The number of hydrogen-bond donors (Lipinski definition) is 1. The lowest BCUT2D eigenvalue weighted by atomic mass is 9.97. The number of H-pyrrole nitrogens is 1. The highest BCUT2D eigenvalue weighted by Gasteiger charge is 2.25. The van der Waals surface area contributed by atoms with Gasteiger partial charge in [0.05, 0.1) is 12.8 Å². The minimum Gasteiger partial charge on any atom is -0.493 e. The van der Waals surface area contributed by atoms with Crippen molar-refractivity contribution in [2.24, 2.45) is 5.92 Å². The Morgan fingerprint density at radius 3 is 2.57 bits per heavy atom. The molecule has 1 fully saturated rings. The lowest BCUT2D eigenvalue weighted by Crippen LogP contribution is -2.39. The minimum absolute atomic E-state index is 0.0836. The standard InChI is InChI=1S/C15H16Cl2N4O2/c16-11-5-12(17)7-13(6-11)23-9-10-1-3-21(4-2-10)15(22)14-8-18-20-19-14/h5-8,10H,1-4,9H2,(H,18,19,20). The summed E-state index contributed by atoms with van der Waals surface area (Å²) in [6.45, 7) is 1.97. The van der Waals surface area contributed by atoms with E-state index in [0.29, 0.717) is 47.1 Å². The van der Waals surface area contributed by atoms with Crippen LogP contribution in [0.15, 0.2) is 24.4 Å². The number of carbonyl (C=O) groups is 1. The van der Waals surface area contributed by atoms with Crippen LogP contribution in [0.2, 0.25) is 10.0 Å². The number of amides is 1. The number of hydrogen-bond acceptors (Lipinski definition) is 4. The largest absolute Gasteiger partial charge is 0.493 e. The van der Waals surface area contributed by atoms with Crippen LogP contribution < -0.4 is 4.74 Å². The van der Waals surface area contributed by atoms with Crippen LogP contribution in [0.5, 0.6) is 5.75 Å². The molecule has 1 aliphatic heterocycles. The van der Waals surface area contributed by atoms with Crippen LogP contribution in [0.3, 0.4) is 0 Å². The van der Waals surface area contributed by atoms with Crippen LogP contribution in [-0.4, -0.2) is 45.9 Å². The van der Waals surface area contributed by atoms with Gasteiger partial charge in [0.1, 0.15) is 5.75 Å². The van der Waals surface area contributed by atoms with Crippen molar-refractivity contribution in [2.45, 2.75) is 12.8 Å². The molecule has 6 nitrogen and oxygen atoms in total. The summed E-state index contributed by atoms with van der Waals surface area (Å²) in [6, 6.07) is 5.16. The van der Waals surface area contributed by atoms with Crippen LogP contribution in [0.4, 0.5) is 0 Å². The molecule has 1 aliphatic rings. The number of carbonyl (C=O) groups excluding carboxylic acids is 1. The number of rotatable bonds is 4. The van der Waals surface area contributed by atoms with Gasteiger partial charge in [-0.1, -0.05) is 23.2 Å². The van der Waals surface area contributed by atoms with Gasteiger partial charge in [-0.25, -0.2) is 0 Å². The summed E-state index contributed by atoms with van der Waals surface area (Å²) in [6.07, 6.45) is 3.22. The molecule has 122 valence electrons. The molecule has 1 aromatic heterocycles. The molecule has 0 atom stereocenters. The molecule has 0 unspecified atom stereocenters. The summed E-state index contributed by atoms with van der Waals surface area (Å²) in [7, 11) is 0. The Morgan fingerprint density at radius 2 is 1.96 bits per heavy atom. The van der Waals surface area contributed by atoms with Gasteiger partial charge in [0.2, 0.25) is 0 Å². The summed E-state index contributed by atoms with van der Waals surface area (Å²) in [5.74, 6) is 0.984. The predicted molar refractivity (Wildman–Crippen MR) is 87.0 cm³/mol. The fourth-order valence-electron chi connectivity index (χ4n) is 2.60. The van der Waals surface area contributed by atoms with Gasteiger partial charge >= 0.3 is 0 Å². The Morgan fingerprint density at radius 1 is 1.26 bits per heavy atom. The molecule has 1 N–H and O–H groups in total. The zero-order valence-electron chi connectivity index (χ0n) is 12.3. The number of ether oxygens (including phenoxy) is 1. The minimum atomic E-state index is -0.0836. The molecule has 0 bridgehead atoms. The maximum absolute atomic E-state index is 12.2. The monoisotopic (exact) mass is 354 g/mol. The van der Waals surface area contributed by atoms with Gasteiger partial charge < -0.3 is 9.64 Å². The Bertz CT molecular complexity index is 650. The van der Waals surface area contributed by atoms with Gasteiger partial charge in [0.25, 0.3) is 5.91 Å². The molecule has 0 spiro atoms. The lowest BCUT2D eigenvalue weighted by molar-refractivity contribution is 0.0655. The first-order valence-electron chi connectivity index (χ1n) is 7.36. The first kappa shape index (κ1) is 16.1. The third-order valence-electron chi connectivity index (χ3n) is 3.86. The first-order chi connectivity index (χ1) is 11.1. The summed E-state index contributed by atoms with van der Waals surface area (Å²) in [4.78, 5) is 14.0. The van der Waals surface area contributed by atoms with Crippen molar-refractivity contribution in [3.8, 4) is 5.75 Å². The molecule has 0 radical (unpaired) electrons. The number of piperidine rings is 1. The maximum Gasteiger partial charge on any atom is 0.276 e. The molecular formula is C15H16Cl2N4O2. The van der Waals surface area contributed by atoms with E-state index in [1.165, 1.54) is 6.20 Å². The van der Waals surface area contributed by atoms with E-state index in [2.05, 4.69) is 15.4 Å². The lowest BCUT2D eigenvalue weighted by Gasteiger charge is -2.31. The zero-order valence-corrected chi connectivity index (χ0v) is 13.8. The van der Waals surface area contributed by atoms with E-state index in [1.54, 1.807) is 23.1 Å². The number of likely N-dealkylation sites (tertiary alicyclic amines) is 1. The number of nitrogens with zero attached hydrogens (tertiary/aromatic N) is 3. The molecular weight excluding hydrogens is 339 g/mol. The highest BCUT2D eigenvalue weighted by Crippen LogP contribution is 2.26. The maximum atomic E-state index is 12.2. The Balaban J connectivity index is 1.48. The van der Waals surface area contributed by atoms with Gasteiger partial charge in [-0.15, -0.1) is 0 Å². The number of halogens is 2. The molecule has 1 saturated heterocycles. The van der Waals surface area contributed by atoms with E-state index in [-0.39, 0.29) is 5.91 Å². The van der Waals surface area contributed by atoms with E-state index in [0.717, 1.165) is 12.8 Å². The molecule has 1 aromatic carbocycles. The molecule has 3 rings (SSSR count). The normalized spacial score (nSPS) is 15.7. The van der Waals surface area contributed by atoms with Crippen LogP contribution in [0.25, 0.3) is 0 Å². The summed E-state index contributed by atoms with van der Waals surface area (Å²) in [5, 5.41) is 11.1. The highest BCUT2D eigenvalue weighted by molar-refractivity contribution is 6.34. The van der Waals surface area contributed by atoms with Crippen LogP contribution >= 0.6 is 23.2 Å². The summed E-state index contributed by atoms with van der Waals surface area (Å²) >= 11 is 11.9. The van der Waals surface area contributed by atoms with E-state index in [1.807, 2.05) is 0 Å². The Kier molecular flexibility index (Phi) is 5.03. The van der Waals surface area contributed by atoms with Crippen molar-refractivity contribution in [3.63, 3.8) is 0 Å². The average molecular weight is 355 g/mol. The fraction of sp³-hybridized carbons (Fsp3) is 0.400. The number of nitrogens with one attached hydrogen (secondary N) is 1. The fourth-order valence-corrected chi connectivity index (χ4v) is 3.10. The molecule has 0 aliphatic carbocycles. The van der Waals surface area contributed by atoms with E-state index in [4.69, 9.17) is 27.9 Å². The van der Waals surface area contributed by atoms with Crippen molar-refractivity contribution < 1.29 is 9.53 Å². The topological polar surface area (TPSA) is 71.1 Å². The third-order valence-corrected chi connectivity index (χ3v) is 4.29. The van der Waals surface area contributed by atoms with Crippen molar-refractivity contribution in [1.29, 1.82) is 0 Å². The van der Waals surface area contributed by atoms with E-state index >= 15 is 0 Å². The van der Waals surface area contributed by atoms with Gasteiger partial charge in [-0.2, -0.15) is 15.4 Å². The zero-order chi connectivity index (χ0) is 16.2. The molecule has 0 saturated carbocycles. The van der Waals surface area contributed by atoms with Crippen LogP contribution in [-0.2, 0) is 0 Å². The van der Waals surface area contributed by atoms with E-state index in [9.17, 15) is 4.79 Å². The smallest absolute Gasteiger partial charge is 0.276 e. The SMILES string of the molecule is O=C(c1cn[nH]n1)N1CCC(COc2cc(Cl)cc(Cl)c2)CC1. The second-order valence-corrected chi connectivity index (χ2v) is 6.38. The molecule has 2 heterocycles. The summed E-state index contributed by atoms with van der Waals surface area (Å²) in [5.41, 5.74) is 0.355. The van der Waals surface area contributed by atoms with E-state index < -0.39 is 0 Å². The van der Waals surface area contributed by atoms with Crippen molar-refractivity contribution in [1.82, 2.24) is 20.3 Å². The van der Waals surface area contributed by atoms with Gasteiger partial charge in [0, 0.05) is 23.1 Å². The number of benzene rings is 1. The second-order valence-electron chi connectivity index (χ2n) is 5.51. The Labute approximate surface area is 143 Å². The molecule has 8 heteroatoms. The molecule has 23 heavy (non-hydrogen) atoms. The molecule has 1 amide bonds. The molecule has 2 aromatic rings. The van der Waals surface area contributed by atoms with Crippen LogP contribution in [0.1, 0.15) is 23.3 Å². The average Bonchev–Trinajstić information content (AvgIpc) is 3.06. The first-order valence-corrected chi connectivity index (χ1v) is 8.11.